The van der Waals surface area contributed by atoms with Crippen LogP contribution in [0.2, 0.25) is 0 Å². The summed E-state index contributed by atoms with van der Waals surface area (Å²) in [5.41, 5.74) is 1.44. The van der Waals surface area contributed by atoms with Crippen molar-refractivity contribution >= 4 is 11.3 Å². The molecule has 1 atom stereocenters. The Morgan fingerprint density at radius 3 is 2.79 bits per heavy atom. The molecule has 1 aliphatic rings. The van der Waals surface area contributed by atoms with Crippen LogP contribution in [0.1, 0.15) is 42.5 Å². The highest BCUT2D eigenvalue weighted by atomic mass is 32.1. The van der Waals surface area contributed by atoms with Crippen LogP contribution in [0.5, 0.6) is 0 Å². The van der Waals surface area contributed by atoms with Crippen LogP contribution in [-0.4, -0.2) is 11.6 Å². The molecule has 0 aromatic carbocycles. The summed E-state index contributed by atoms with van der Waals surface area (Å²) in [6.07, 6.45) is 1.21. The third-order valence-corrected chi connectivity index (χ3v) is 3.54. The summed E-state index contributed by atoms with van der Waals surface area (Å²) in [6, 6.07) is 0. The van der Waals surface area contributed by atoms with Crippen molar-refractivity contribution in [2.45, 2.75) is 40.2 Å². The highest BCUT2D eigenvalue weighted by molar-refractivity contribution is 7.11. The molecule has 78 valence electrons. The van der Waals surface area contributed by atoms with Crippen molar-refractivity contribution in [1.29, 1.82) is 0 Å². The molecule has 1 aromatic rings. The van der Waals surface area contributed by atoms with Crippen molar-refractivity contribution in [3.8, 4) is 0 Å². The summed E-state index contributed by atoms with van der Waals surface area (Å²) >= 11 is 1.79. The smallest absolute Gasteiger partial charge is 0.0983 e. The van der Waals surface area contributed by atoms with Gasteiger partial charge in [-0.15, -0.1) is 11.3 Å². The topological polar surface area (TPSA) is 22.1 Å². The predicted molar refractivity (Wildman–Crippen MR) is 58.7 cm³/mol. The summed E-state index contributed by atoms with van der Waals surface area (Å²) < 4.78 is 5.85. The Hall–Kier alpha value is -0.410. The SMILES string of the molecule is Cc1nc2c(s1)C(C(C)(C)C)OCC2. The molecule has 1 aromatic heterocycles. The number of aromatic nitrogens is 1. The molecule has 0 radical (unpaired) electrons. The number of rotatable bonds is 0. The molecule has 14 heavy (non-hydrogen) atoms. The number of aryl methyl sites for hydroxylation is 1. The fourth-order valence-corrected chi connectivity index (χ4v) is 3.13. The highest BCUT2D eigenvalue weighted by Gasteiger charge is 2.33. The molecule has 2 rings (SSSR count). The normalized spacial score (nSPS) is 22.1. The molecule has 2 nitrogen and oxygen atoms in total. The summed E-state index contributed by atoms with van der Waals surface area (Å²) in [7, 11) is 0. The van der Waals surface area contributed by atoms with Gasteiger partial charge in [0.05, 0.1) is 28.3 Å². The molecule has 1 unspecified atom stereocenters. The molecule has 1 aliphatic heterocycles. The Morgan fingerprint density at radius 2 is 2.14 bits per heavy atom. The Morgan fingerprint density at radius 1 is 1.43 bits per heavy atom. The number of nitrogens with zero attached hydrogens (tertiary/aromatic N) is 1. The minimum absolute atomic E-state index is 0.175. The fourth-order valence-electron chi connectivity index (χ4n) is 1.86. The average molecular weight is 211 g/mol. The van der Waals surface area contributed by atoms with Crippen LogP contribution in [0.25, 0.3) is 0 Å². The van der Waals surface area contributed by atoms with Crippen molar-refractivity contribution in [3.05, 3.63) is 15.6 Å². The average Bonchev–Trinajstić information content (AvgIpc) is 2.41. The summed E-state index contributed by atoms with van der Waals surface area (Å²) in [4.78, 5) is 5.90. The molecule has 0 spiro atoms. The Balaban J connectivity index is 2.40. The van der Waals surface area contributed by atoms with Gasteiger partial charge in [0.2, 0.25) is 0 Å². The van der Waals surface area contributed by atoms with Gasteiger partial charge in [-0.05, 0) is 12.3 Å². The zero-order valence-corrected chi connectivity index (χ0v) is 10.1. The van der Waals surface area contributed by atoms with Gasteiger partial charge in [-0.1, -0.05) is 20.8 Å². The quantitative estimate of drug-likeness (QED) is 0.658. The lowest BCUT2D eigenvalue weighted by atomic mass is 9.86. The lowest BCUT2D eigenvalue weighted by molar-refractivity contribution is -0.0264. The third kappa shape index (κ3) is 1.71. The van der Waals surface area contributed by atoms with Crippen LogP contribution in [0, 0.1) is 12.3 Å². The van der Waals surface area contributed by atoms with E-state index in [9.17, 15) is 0 Å². The molecular weight excluding hydrogens is 194 g/mol. The maximum Gasteiger partial charge on any atom is 0.0983 e. The zero-order valence-electron chi connectivity index (χ0n) is 9.26. The monoisotopic (exact) mass is 211 g/mol. The van der Waals surface area contributed by atoms with E-state index in [2.05, 4.69) is 32.7 Å². The van der Waals surface area contributed by atoms with Gasteiger partial charge in [-0.3, -0.25) is 0 Å². The number of hydrogen-bond acceptors (Lipinski definition) is 3. The third-order valence-electron chi connectivity index (χ3n) is 2.48. The van der Waals surface area contributed by atoms with E-state index in [-0.39, 0.29) is 11.5 Å². The molecule has 2 heterocycles. The van der Waals surface area contributed by atoms with Crippen molar-refractivity contribution in [2.24, 2.45) is 5.41 Å². The number of thiazole rings is 1. The van der Waals surface area contributed by atoms with Gasteiger partial charge in [0.15, 0.2) is 0 Å². The molecule has 0 bridgehead atoms. The maximum absolute atomic E-state index is 5.85. The van der Waals surface area contributed by atoms with E-state index in [1.54, 1.807) is 11.3 Å². The number of hydrogen-bond donors (Lipinski definition) is 0. The zero-order chi connectivity index (χ0) is 10.3. The van der Waals surface area contributed by atoms with Gasteiger partial charge in [-0.2, -0.15) is 0 Å². The van der Waals surface area contributed by atoms with E-state index >= 15 is 0 Å². The van der Waals surface area contributed by atoms with Gasteiger partial charge in [-0.25, -0.2) is 4.98 Å². The molecular formula is C11H17NOS. The largest absolute Gasteiger partial charge is 0.372 e. The Bertz CT molecular complexity index is 338. The minimum atomic E-state index is 0.175. The Kier molecular flexibility index (Phi) is 2.40. The van der Waals surface area contributed by atoms with E-state index in [4.69, 9.17) is 4.74 Å². The van der Waals surface area contributed by atoms with Crippen molar-refractivity contribution in [3.63, 3.8) is 0 Å². The molecule has 0 saturated carbocycles. The first-order valence-corrected chi connectivity index (χ1v) is 5.88. The van der Waals surface area contributed by atoms with Gasteiger partial charge in [0.1, 0.15) is 0 Å². The molecule has 0 saturated heterocycles. The molecule has 0 amide bonds. The standard InChI is InChI=1S/C11H17NOS/c1-7-12-8-5-6-13-10(9(8)14-7)11(2,3)4/h10H,5-6H2,1-4H3. The van der Waals surface area contributed by atoms with Crippen molar-refractivity contribution in [1.82, 2.24) is 4.98 Å². The van der Waals surface area contributed by atoms with Crippen LogP contribution in [0.15, 0.2) is 0 Å². The summed E-state index contributed by atoms with van der Waals surface area (Å²) in [6.45, 7) is 9.56. The molecule has 3 heteroatoms. The van der Waals surface area contributed by atoms with Crippen LogP contribution in [0.3, 0.4) is 0 Å². The van der Waals surface area contributed by atoms with E-state index in [1.165, 1.54) is 10.6 Å². The van der Waals surface area contributed by atoms with E-state index < -0.39 is 0 Å². The van der Waals surface area contributed by atoms with Gasteiger partial charge in [0, 0.05) is 6.42 Å². The van der Waals surface area contributed by atoms with Gasteiger partial charge in [0.25, 0.3) is 0 Å². The van der Waals surface area contributed by atoms with E-state index in [0.29, 0.717) is 0 Å². The van der Waals surface area contributed by atoms with Gasteiger partial charge < -0.3 is 4.74 Å². The van der Waals surface area contributed by atoms with Crippen molar-refractivity contribution < 1.29 is 4.74 Å². The first-order chi connectivity index (χ1) is 6.48. The van der Waals surface area contributed by atoms with Crippen LogP contribution in [-0.2, 0) is 11.2 Å². The number of ether oxygens (including phenoxy) is 1. The maximum atomic E-state index is 5.85. The molecule has 0 N–H and O–H groups in total. The highest BCUT2D eigenvalue weighted by Crippen LogP contribution is 2.42. The van der Waals surface area contributed by atoms with Crippen LogP contribution in [0.4, 0.5) is 0 Å². The van der Waals surface area contributed by atoms with E-state index in [1.807, 2.05) is 0 Å². The Labute approximate surface area is 89.3 Å². The first-order valence-electron chi connectivity index (χ1n) is 5.06. The van der Waals surface area contributed by atoms with Crippen molar-refractivity contribution in [2.75, 3.05) is 6.61 Å². The van der Waals surface area contributed by atoms with Gasteiger partial charge >= 0.3 is 0 Å². The fraction of sp³-hybridized carbons (Fsp3) is 0.727. The summed E-state index contributed by atoms with van der Waals surface area (Å²) in [5.74, 6) is 0. The lowest BCUT2D eigenvalue weighted by Crippen LogP contribution is -2.26. The van der Waals surface area contributed by atoms with Crippen LogP contribution >= 0.6 is 11.3 Å². The second-order valence-corrected chi connectivity index (χ2v) is 6.15. The second kappa shape index (κ2) is 3.31. The molecule has 0 aliphatic carbocycles. The molecule has 0 fully saturated rings. The first kappa shape index (κ1) is 10.1. The summed E-state index contributed by atoms with van der Waals surface area (Å²) in [5, 5.41) is 1.16. The minimum Gasteiger partial charge on any atom is -0.372 e. The second-order valence-electron chi connectivity index (χ2n) is 4.91. The number of fused-ring (bicyclic) bond motifs is 1. The predicted octanol–water partition coefficient (Wildman–Crippen LogP) is 3.11. The van der Waals surface area contributed by atoms with Crippen LogP contribution < -0.4 is 0 Å². The van der Waals surface area contributed by atoms with E-state index in [0.717, 1.165) is 18.0 Å². The lowest BCUT2D eigenvalue weighted by Gasteiger charge is -2.33.